The first kappa shape index (κ1) is 14.6. The zero-order chi connectivity index (χ0) is 14.7. The van der Waals surface area contributed by atoms with Crippen molar-refractivity contribution < 1.29 is 14.7 Å². The second kappa shape index (κ2) is 6.07. The largest absolute Gasteiger partial charge is 0.480 e. The predicted molar refractivity (Wildman–Crippen MR) is 73.6 cm³/mol. The van der Waals surface area contributed by atoms with E-state index in [0.717, 1.165) is 31.4 Å². The van der Waals surface area contributed by atoms with E-state index in [4.69, 9.17) is 5.11 Å². The van der Waals surface area contributed by atoms with Gasteiger partial charge in [0.05, 0.1) is 11.3 Å². The molecule has 110 valence electrons. The van der Waals surface area contributed by atoms with Gasteiger partial charge in [0.2, 0.25) is 0 Å². The quantitative estimate of drug-likeness (QED) is 0.878. The molecular weight excluding hydrogens is 258 g/mol. The minimum atomic E-state index is -1.04. The molecule has 2 rings (SSSR count). The molecule has 0 saturated heterocycles. The van der Waals surface area contributed by atoms with Gasteiger partial charge in [-0.3, -0.25) is 14.3 Å². The number of amides is 1. The van der Waals surface area contributed by atoms with Crippen LogP contribution in [0.15, 0.2) is 6.20 Å². The van der Waals surface area contributed by atoms with Crippen molar-refractivity contribution in [3.05, 3.63) is 17.5 Å². The number of nitrogens with zero attached hydrogens (tertiary/aromatic N) is 2. The van der Waals surface area contributed by atoms with Crippen LogP contribution < -0.4 is 5.32 Å². The number of hydrogen-bond acceptors (Lipinski definition) is 3. The highest BCUT2D eigenvalue weighted by atomic mass is 16.4. The SMILES string of the molecule is C[C@H](NC(=O)c1cn(C)nc1C1CCCCC1)C(=O)O. The van der Waals surface area contributed by atoms with Gasteiger partial charge in [-0.15, -0.1) is 0 Å². The molecule has 1 heterocycles. The van der Waals surface area contributed by atoms with Gasteiger partial charge in [0.25, 0.3) is 5.91 Å². The van der Waals surface area contributed by atoms with Crippen LogP contribution in [0.2, 0.25) is 0 Å². The Hall–Kier alpha value is -1.85. The molecule has 1 saturated carbocycles. The number of aliphatic carboxylic acids is 1. The normalized spacial score (nSPS) is 17.7. The third-order valence-electron chi connectivity index (χ3n) is 3.81. The summed E-state index contributed by atoms with van der Waals surface area (Å²) in [7, 11) is 1.78. The lowest BCUT2D eigenvalue weighted by atomic mass is 9.85. The highest BCUT2D eigenvalue weighted by Gasteiger charge is 2.26. The van der Waals surface area contributed by atoms with E-state index in [0.29, 0.717) is 11.5 Å². The minimum absolute atomic E-state index is 0.311. The van der Waals surface area contributed by atoms with Crippen molar-refractivity contribution in [2.24, 2.45) is 7.05 Å². The van der Waals surface area contributed by atoms with Gasteiger partial charge in [-0.1, -0.05) is 19.3 Å². The number of aromatic nitrogens is 2. The maximum Gasteiger partial charge on any atom is 0.325 e. The molecule has 1 aromatic heterocycles. The van der Waals surface area contributed by atoms with Crippen molar-refractivity contribution in [1.82, 2.24) is 15.1 Å². The van der Waals surface area contributed by atoms with Gasteiger partial charge in [0.1, 0.15) is 6.04 Å². The maximum absolute atomic E-state index is 12.2. The summed E-state index contributed by atoms with van der Waals surface area (Å²) < 4.78 is 1.63. The Morgan fingerprint density at radius 3 is 2.65 bits per heavy atom. The van der Waals surface area contributed by atoms with Crippen molar-refractivity contribution in [2.45, 2.75) is 51.0 Å². The van der Waals surface area contributed by atoms with E-state index in [2.05, 4.69) is 10.4 Å². The molecule has 1 amide bonds. The van der Waals surface area contributed by atoms with Gasteiger partial charge in [0, 0.05) is 19.2 Å². The van der Waals surface area contributed by atoms with Crippen LogP contribution in [0, 0.1) is 0 Å². The van der Waals surface area contributed by atoms with Crippen LogP contribution in [0.25, 0.3) is 0 Å². The van der Waals surface area contributed by atoms with Crippen LogP contribution in [-0.2, 0) is 11.8 Å². The van der Waals surface area contributed by atoms with Gasteiger partial charge in [-0.2, -0.15) is 5.10 Å². The summed E-state index contributed by atoms with van der Waals surface area (Å²) in [6, 6.07) is -0.901. The third-order valence-corrected chi connectivity index (χ3v) is 3.81. The Balaban J connectivity index is 2.18. The van der Waals surface area contributed by atoms with Crippen molar-refractivity contribution in [2.75, 3.05) is 0 Å². The molecule has 1 aromatic rings. The van der Waals surface area contributed by atoms with E-state index < -0.39 is 12.0 Å². The number of carboxylic acid groups (broad SMARTS) is 1. The Kier molecular flexibility index (Phi) is 4.42. The molecule has 1 atom stereocenters. The summed E-state index contributed by atoms with van der Waals surface area (Å²) in [5.74, 6) is -1.08. The lowest BCUT2D eigenvalue weighted by molar-refractivity contribution is -0.138. The number of aryl methyl sites for hydroxylation is 1. The second-order valence-corrected chi connectivity index (χ2v) is 5.47. The Bertz CT molecular complexity index is 504. The average molecular weight is 279 g/mol. The lowest BCUT2D eigenvalue weighted by Gasteiger charge is -2.20. The minimum Gasteiger partial charge on any atom is -0.480 e. The topological polar surface area (TPSA) is 84.2 Å². The first-order valence-corrected chi connectivity index (χ1v) is 7.06. The molecular formula is C14H21N3O3. The fourth-order valence-corrected chi connectivity index (χ4v) is 2.69. The van der Waals surface area contributed by atoms with Crippen LogP contribution in [0.5, 0.6) is 0 Å². The molecule has 2 N–H and O–H groups in total. The summed E-state index contributed by atoms with van der Waals surface area (Å²) in [5.41, 5.74) is 1.31. The van der Waals surface area contributed by atoms with E-state index in [-0.39, 0.29) is 5.91 Å². The number of hydrogen-bond donors (Lipinski definition) is 2. The molecule has 1 aliphatic rings. The monoisotopic (exact) mass is 279 g/mol. The highest BCUT2D eigenvalue weighted by Crippen LogP contribution is 2.33. The summed E-state index contributed by atoms with van der Waals surface area (Å²) in [5, 5.41) is 15.8. The van der Waals surface area contributed by atoms with E-state index in [1.807, 2.05) is 0 Å². The molecule has 6 heteroatoms. The van der Waals surface area contributed by atoms with Crippen LogP contribution >= 0.6 is 0 Å². The Morgan fingerprint density at radius 2 is 2.05 bits per heavy atom. The number of nitrogens with one attached hydrogen (secondary N) is 1. The van der Waals surface area contributed by atoms with E-state index in [1.54, 1.807) is 17.9 Å². The lowest BCUT2D eigenvalue weighted by Crippen LogP contribution is -2.38. The van der Waals surface area contributed by atoms with Crippen LogP contribution in [0.3, 0.4) is 0 Å². The van der Waals surface area contributed by atoms with Gasteiger partial charge < -0.3 is 10.4 Å². The molecule has 1 fully saturated rings. The second-order valence-electron chi connectivity index (χ2n) is 5.47. The molecule has 6 nitrogen and oxygen atoms in total. The van der Waals surface area contributed by atoms with Crippen molar-refractivity contribution in [3.63, 3.8) is 0 Å². The third kappa shape index (κ3) is 3.18. The van der Waals surface area contributed by atoms with E-state index in [9.17, 15) is 9.59 Å². The Morgan fingerprint density at radius 1 is 1.40 bits per heavy atom. The van der Waals surface area contributed by atoms with Crippen LogP contribution in [0.4, 0.5) is 0 Å². The number of carboxylic acids is 1. The fourth-order valence-electron chi connectivity index (χ4n) is 2.69. The summed E-state index contributed by atoms with van der Waals surface area (Å²) in [4.78, 5) is 23.0. The predicted octanol–water partition coefficient (Wildman–Crippen LogP) is 1.67. The van der Waals surface area contributed by atoms with Crippen molar-refractivity contribution >= 4 is 11.9 Å². The van der Waals surface area contributed by atoms with E-state index >= 15 is 0 Å². The van der Waals surface area contributed by atoms with Crippen LogP contribution in [-0.4, -0.2) is 32.8 Å². The van der Waals surface area contributed by atoms with Crippen molar-refractivity contribution in [3.8, 4) is 0 Å². The van der Waals surface area contributed by atoms with Crippen molar-refractivity contribution in [1.29, 1.82) is 0 Å². The molecule has 0 aliphatic heterocycles. The maximum atomic E-state index is 12.2. The summed E-state index contributed by atoms with van der Waals surface area (Å²) in [6.45, 7) is 1.46. The molecule has 0 unspecified atom stereocenters. The fraction of sp³-hybridized carbons (Fsp3) is 0.643. The smallest absolute Gasteiger partial charge is 0.325 e. The van der Waals surface area contributed by atoms with E-state index in [1.165, 1.54) is 13.3 Å². The summed E-state index contributed by atoms with van der Waals surface area (Å²) in [6.07, 6.45) is 7.33. The zero-order valence-corrected chi connectivity index (χ0v) is 11.9. The number of carbonyl (C=O) groups excluding carboxylic acids is 1. The van der Waals surface area contributed by atoms with Gasteiger partial charge >= 0.3 is 5.97 Å². The average Bonchev–Trinajstić information content (AvgIpc) is 2.81. The van der Waals surface area contributed by atoms with Gasteiger partial charge in [-0.25, -0.2) is 0 Å². The highest BCUT2D eigenvalue weighted by molar-refractivity contribution is 5.97. The molecule has 0 aromatic carbocycles. The Labute approximate surface area is 118 Å². The van der Waals surface area contributed by atoms with Crippen LogP contribution in [0.1, 0.15) is 61.0 Å². The van der Waals surface area contributed by atoms with Gasteiger partial charge in [0.15, 0.2) is 0 Å². The molecule has 0 bridgehead atoms. The molecule has 0 spiro atoms. The molecule has 20 heavy (non-hydrogen) atoms. The molecule has 0 radical (unpaired) electrons. The number of carbonyl (C=O) groups is 2. The summed E-state index contributed by atoms with van der Waals surface area (Å²) >= 11 is 0. The first-order valence-electron chi connectivity index (χ1n) is 7.06. The zero-order valence-electron chi connectivity index (χ0n) is 11.9. The molecule has 1 aliphatic carbocycles. The van der Waals surface area contributed by atoms with Gasteiger partial charge in [-0.05, 0) is 19.8 Å². The first-order chi connectivity index (χ1) is 9.49. The number of rotatable bonds is 4. The standard InChI is InChI=1S/C14H21N3O3/c1-9(14(19)20)15-13(18)11-8-17(2)16-12(11)10-6-4-3-5-7-10/h8-10H,3-7H2,1-2H3,(H,15,18)(H,19,20)/t9-/m0/s1.